The molecular weight excluding hydrogens is 316 g/mol. The summed E-state index contributed by atoms with van der Waals surface area (Å²) in [4.78, 5) is 11.4. The summed E-state index contributed by atoms with van der Waals surface area (Å²) < 4.78 is 27.3. The maximum absolute atomic E-state index is 12.5. The number of carbonyl (C=O) groups excluding carboxylic acids is 1. The molecule has 2 rings (SSSR count). The Morgan fingerprint density at radius 1 is 1.35 bits per heavy atom. The van der Waals surface area contributed by atoms with Gasteiger partial charge in [0.1, 0.15) is 5.69 Å². The zero-order valence-electron chi connectivity index (χ0n) is 13.3. The van der Waals surface area contributed by atoms with Crippen LogP contribution in [0.4, 0.5) is 5.69 Å². The summed E-state index contributed by atoms with van der Waals surface area (Å²) in [7, 11) is -3.83. The van der Waals surface area contributed by atoms with Crippen molar-refractivity contribution >= 4 is 21.6 Å². The van der Waals surface area contributed by atoms with Crippen LogP contribution >= 0.6 is 0 Å². The zero-order chi connectivity index (χ0) is 17.2. The van der Waals surface area contributed by atoms with E-state index in [-0.39, 0.29) is 16.3 Å². The lowest BCUT2D eigenvalue weighted by atomic mass is 9.99. The van der Waals surface area contributed by atoms with E-state index in [1.807, 2.05) is 0 Å². The van der Waals surface area contributed by atoms with E-state index in [9.17, 15) is 13.2 Å². The van der Waals surface area contributed by atoms with Crippen LogP contribution in [0.25, 0.3) is 0 Å². The fourth-order valence-corrected chi connectivity index (χ4v) is 3.27. The van der Waals surface area contributed by atoms with Crippen molar-refractivity contribution in [3.05, 3.63) is 41.2 Å². The minimum Gasteiger partial charge on any atom is -0.364 e. The molecule has 7 nitrogen and oxygen atoms in total. The quantitative estimate of drug-likeness (QED) is 0.748. The minimum absolute atomic E-state index is 0.0727. The van der Waals surface area contributed by atoms with Crippen LogP contribution < -0.4 is 10.5 Å². The third-order valence-electron chi connectivity index (χ3n) is 3.79. The predicted octanol–water partition coefficient (Wildman–Crippen LogP) is 2.13. The van der Waals surface area contributed by atoms with Crippen LogP contribution in [0, 0.1) is 6.92 Å². The van der Waals surface area contributed by atoms with Crippen LogP contribution in [0.2, 0.25) is 0 Å². The standard InChI is InChI=1S/C15H20N4O3S/c1-4-9(2)11-5-7-12(8-6-11)23(21,22)19-13-10(3)17-18-14(13)15(16)20/h5-9,19H,4H2,1-3H3,(H2,16,20)(H,17,18). The molecule has 0 aliphatic carbocycles. The molecule has 0 bridgehead atoms. The summed E-state index contributed by atoms with van der Waals surface area (Å²) in [6.45, 7) is 5.75. The molecule has 8 heteroatoms. The number of benzene rings is 1. The van der Waals surface area contributed by atoms with Gasteiger partial charge in [-0.05, 0) is 37.0 Å². The van der Waals surface area contributed by atoms with Gasteiger partial charge in [0.15, 0.2) is 5.69 Å². The van der Waals surface area contributed by atoms with Gasteiger partial charge in [0.2, 0.25) is 0 Å². The average molecular weight is 336 g/mol. The molecule has 124 valence electrons. The molecule has 4 N–H and O–H groups in total. The molecule has 0 saturated heterocycles. The van der Waals surface area contributed by atoms with E-state index < -0.39 is 15.9 Å². The van der Waals surface area contributed by atoms with E-state index in [0.717, 1.165) is 12.0 Å². The van der Waals surface area contributed by atoms with Crippen LogP contribution in [-0.2, 0) is 10.0 Å². The summed E-state index contributed by atoms with van der Waals surface area (Å²) in [6, 6.07) is 6.67. The van der Waals surface area contributed by atoms with Crippen molar-refractivity contribution in [2.45, 2.75) is 38.0 Å². The van der Waals surface area contributed by atoms with Gasteiger partial charge in [0.05, 0.1) is 10.6 Å². The molecule has 1 aromatic heterocycles. The van der Waals surface area contributed by atoms with Crippen LogP contribution in [-0.4, -0.2) is 24.5 Å². The van der Waals surface area contributed by atoms with Crippen LogP contribution in [0.5, 0.6) is 0 Å². The lowest BCUT2D eigenvalue weighted by Gasteiger charge is -2.11. The van der Waals surface area contributed by atoms with Gasteiger partial charge >= 0.3 is 0 Å². The van der Waals surface area contributed by atoms with Gasteiger partial charge in [-0.1, -0.05) is 26.0 Å². The number of amides is 1. The van der Waals surface area contributed by atoms with Crippen molar-refractivity contribution in [2.24, 2.45) is 5.73 Å². The normalized spacial score (nSPS) is 12.8. The van der Waals surface area contributed by atoms with Gasteiger partial charge in [0, 0.05) is 0 Å². The monoisotopic (exact) mass is 336 g/mol. The number of H-pyrrole nitrogens is 1. The molecule has 0 aliphatic rings. The van der Waals surface area contributed by atoms with E-state index in [1.54, 1.807) is 31.2 Å². The number of aromatic amines is 1. The first-order valence-electron chi connectivity index (χ1n) is 7.23. The van der Waals surface area contributed by atoms with Crippen molar-refractivity contribution < 1.29 is 13.2 Å². The van der Waals surface area contributed by atoms with E-state index in [1.165, 1.54) is 0 Å². The fraction of sp³-hybridized carbons (Fsp3) is 0.333. The van der Waals surface area contributed by atoms with Crippen molar-refractivity contribution in [3.8, 4) is 0 Å². The second-order valence-electron chi connectivity index (χ2n) is 5.42. The van der Waals surface area contributed by atoms with E-state index >= 15 is 0 Å². The second kappa shape index (κ2) is 6.41. The largest absolute Gasteiger partial charge is 0.364 e. The highest BCUT2D eigenvalue weighted by atomic mass is 32.2. The SMILES string of the molecule is CCC(C)c1ccc(S(=O)(=O)Nc2c(C(N)=O)n[nH]c2C)cc1. The highest BCUT2D eigenvalue weighted by molar-refractivity contribution is 7.92. The van der Waals surface area contributed by atoms with E-state index in [0.29, 0.717) is 11.6 Å². The lowest BCUT2D eigenvalue weighted by Crippen LogP contribution is -2.18. The molecule has 1 unspecified atom stereocenters. The molecule has 1 aromatic carbocycles. The molecule has 23 heavy (non-hydrogen) atoms. The molecule has 0 fully saturated rings. The Labute approximate surface area is 135 Å². The number of aromatic nitrogens is 2. The Balaban J connectivity index is 2.33. The maximum atomic E-state index is 12.5. The van der Waals surface area contributed by atoms with E-state index in [2.05, 4.69) is 28.8 Å². The molecule has 1 amide bonds. The average Bonchev–Trinajstić information content (AvgIpc) is 2.87. The number of sulfonamides is 1. The highest BCUT2D eigenvalue weighted by Gasteiger charge is 2.22. The Hall–Kier alpha value is -2.35. The maximum Gasteiger partial charge on any atom is 0.271 e. The smallest absolute Gasteiger partial charge is 0.271 e. The molecule has 1 atom stereocenters. The number of nitrogens with zero attached hydrogens (tertiary/aromatic N) is 1. The van der Waals surface area contributed by atoms with Crippen molar-refractivity contribution in [3.63, 3.8) is 0 Å². The van der Waals surface area contributed by atoms with Crippen LogP contribution in [0.3, 0.4) is 0 Å². The Morgan fingerprint density at radius 2 is 1.96 bits per heavy atom. The number of nitrogens with two attached hydrogens (primary N) is 1. The number of aryl methyl sites for hydroxylation is 1. The first-order valence-corrected chi connectivity index (χ1v) is 8.72. The number of carbonyl (C=O) groups is 1. The second-order valence-corrected chi connectivity index (χ2v) is 7.10. The summed E-state index contributed by atoms with van der Waals surface area (Å²) in [6.07, 6.45) is 0.973. The van der Waals surface area contributed by atoms with Crippen molar-refractivity contribution in [2.75, 3.05) is 4.72 Å². The molecule has 0 radical (unpaired) electrons. The third-order valence-corrected chi connectivity index (χ3v) is 5.15. The number of hydrogen-bond acceptors (Lipinski definition) is 4. The predicted molar refractivity (Wildman–Crippen MR) is 87.8 cm³/mol. The first-order chi connectivity index (χ1) is 10.8. The van der Waals surface area contributed by atoms with Gasteiger partial charge in [-0.3, -0.25) is 14.6 Å². The van der Waals surface area contributed by atoms with Crippen LogP contribution in [0.1, 0.15) is 47.9 Å². The Kier molecular flexibility index (Phi) is 4.74. The first kappa shape index (κ1) is 17.0. The van der Waals surface area contributed by atoms with Gasteiger partial charge < -0.3 is 5.73 Å². The number of rotatable bonds is 6. The molecule has 0 saturated carbocycles. The molecular formula is C15H20N4O3S. The zero-order valence-corrected chi connectivity index (χ0v) is 14.1. The molecule has 1 heterocycles. The molecule has 0 aliphatic heterocycles. The Morgan fingerprint density at radius 3 is 2.48 bits per heavy atom. The highest BCUT2D eigenvalue weighted by Crippen LogP contribution is 2.24. The summed E-state index contributed by atoms with van der Waals surface area (Å²) in [5, 5.41) is 6.26. The summed E-state index contributed by atoms with van der Waals surface area (Å²) in [5.41, 5.74) is 6.62. The number of nitrogens with one attached hydrogen (secondary N) is 2. The molecule has 2 aromatic rings. The van der Waals surface area contributed by atoms with Crippen molar-refractivity contribution in [1.82, 2.24) is 10.2 Å². The third kappa shape index (κ3) is 3.53. The van der Waals surface area contributed by atoms with Gasteiger partial charge in [-0.2, -0.15) is 5.10 Å². The molecule has 0 spiro atoms. The summed E-state index contributed by atoms with van der Waals surface area (Å²) in [5.74, 6) is -0.448. The van der Waals surface area contributed by atoms with E-state index in [4.69, 9.17) is 5.73 Å². The number of anilines is 1. The van der Waals surface area contributed by atoms with Gasteiger partial charge in [-0.15, -0.1) is 0 Å². The van der Waals surface area contributed by atoms with Gasteiger partial charge in [0.25, 0.3) is 15.9 Å². The van der Waals surface area contributed by atoms with Crippen LogP contribution in [0.15, 0.2) is 29.2 Å². The Bertz CT molecular complexity index is 810. The number of primary amides is 1. The fourth-order valence-electron chi connectivity index (χ4n) is 2.14. The minimum atomic E-state index is -3.83. The number of hydrogen-bond donors (Lipinski definition) is 3. The van der Waals surface area contributed by atoms with Crippen molar-refractivity contribution in [1.29, 1.82) is 0 Å². The van der Waals surface area contributed by atoms with Gasteiger partial charge in [-0.25, -0.2) is 8.42 Å². The topological polar surface area (TPSA) is 118 Å². The summed E-state index contributed by atoms with van der Waals surface area (Å²) >= 11 is 0. The lowest BCUT2D eigenvalue weighted by molar-refractivity contribution is 0.0996.